The molecule has 2 aliphatic heterocycles. The van der Waals surface area contributed by atoms with Crippen LogP contribution in [-0.2, 0) is 10.3 Å². The van der Waals surface area contributed by atoms with Crippen LogP contribution in [0.1, 0.15) is 81.9 Å². The van der Waals surface area contributed by atoms with Crippen molar-refractivity contribution in [3.05, 3.63) is 53.5 Å². The fourth-order valence-corrected chi connectivity index (χ4v) is 6.47. The first kappa shape index (κ1) is 24.6. The highest BCUT2D eigenvalue weighted by molar-refractivity contribution is 5.92. The molecule has 0 atom stereocenters. The molecule has 0 saturated carbocycles. The van der Waals surface area contributed by atoms with Crippen LogP contribution in [0.3, 0.4) is 0 Å². The number of likely N-dealkylation sites (tertiary alicyclic amines) is 1. The number of hydrogen-bond donors (Lipinski definition) is 2. The molecule has 0 spiro atoms. The van der Waals surface area contributed by atoms with E-state index in [4.69, 9.17) is 4.74 Å². The summed E-state index contributed by atoms with van der Waals surface area (Å²) in [6.45, 7) is 12.3. The van der Waals surface area contributed by atoms with Crippen LogP contribution in [0.15, 0.2) is 36.8 Å². The summed E-state index contributed by atoms with van der Waals surface area (Å²) in [5, 5.41) is 16.6. The maximum absolute atomic E-state index is 10.9. The number of aromatic nitrogens is 4. The lowest BCUT2D eigenvalue weighted by Crippen LogP contribution is -2.43. The molecule has 2 fully saturated rings. The molecular weight excluding hydrogens is 462 g/mol. The molecule has 0 amide bonds. The smallest absolute Gasteiger partial charge is 0.161 e. The molecule has 37 heavy (non-hydrogen) atoms. The van der Waals surface area contributed by atoms with E-state index in [0.29, 0.717) is 23.5 Å². The second-order valence-corrected chi connectivity index (χ2v) is 11.8. The van der Waals surface area contributed by atoms with E-state index in [9.17, 15) is 5.11 Å². The molecule has 2 saturated heterocycles. The van der Waals surface area contributed by atoms with Crippen molar-refractivity contribution in [2.24, 2.45) is 0 Å². The van der Waals surface area contributed by atoms with Crippen molar-refractivity contribution in [1.29, 1.82) is 0 Å². The lowest BCUT2D eigenvalue weighted by Gasteiger charge is -2.39. The van der Waals surface area contributed by atoms with E-state index in [2.05, 4.69) is 58.1 Å². The molecule has 7 heteroatoms. The van der Waals surface area contributed by atoms with Crippen molar-refractivity contribution in [3.8, 4) is 11.3 Å². The largest absolute Gasteiger partial charge is 0.386 e. The average molecular weight is 502 g/mol. The summed E-state index contributed by atoms with van der Waals surface area (Å²) in [7, 11) is 0. The Balaban J connectivity index is 1.35. The van der Waals surface area contributed by atoms with Gasteiger partial charge in [0.05, 0.1) is 11.3 Å². The van der Waals surface area contributed by atoms with Gasteiger partial charge >= 0.3 is 0 Å². The van der Waals surface area contributed by atoms with E-state index in [0.717, 1.165) is 35.6 Å². The molecule has 0 bridgehead atoms. The number of pyridine rings is 1. The van der Waals surface area contributed by atoms with E-state index in [1.54, 1.807) is 24.7 Å². The number of rotatable bonds is 5. The van der Waals surface area contributed by atoms with E-state index in [-0.39, 0.29) is 0 Å². The van der Waals surface area contributed by atoms with Gasteiger partial charge in [0.2, 0.25) is 0 Å². The Bertz CT molecular complexity index is 1400. The van der Waals surface area contributed by atoms with Crippen molar-refractivity contribution < 1.29 is 9.84 Å². The van der Waals surface area contributed by atoms with Crippen LogP contribution < -0.4 is 0 Å². The van der Waals surface area contributed by atoms with Crippen LogP contribution in [0.2, 0.25) is 0 Å². The van der Waals surface area contributed by atoms with Crippen LogP contribution in [0.25, 0.3) is 27.8 Å². The van der Waals surface area contributed by atoms with Crippen LogP contribution in [0.5, 0.6) is 0 Å². The van der Waals surface area contributed by atoms with Gasteiger partial charge in [-0.05, 0) is 93.8 Å². The van der Waals surface area contributed by atoms with Crippen molar-refractivity contribution in [1.82, 2.24) is 24.5 Å². The zero-order valence-corrected chi connectivity index (χ0v) is 22.5. The number of benzene rings is 1. The zero-order valence-electron chi connectivity index (χ0n) is 22.5. The average Bonchev–Trinajstić information content (AvgIpc) is 3.52. The maximum Gasteiger partial charge on any atom is 0.161 e. The Hall–Kier alpha value is -2.74. The molecule has 0 radical (unpaired) electrons. The summed E-state index contributed by atoms with van der Waals surface area (Å²) in [6.07, 6.45) is 8.35. The summed E-state index contributed by atoms with van der Waals surface area (Å²) < 4.78 is 7.35. The molecule has 2 aliphatic rings. The van der Waals surface area contributed by atoms with Gasteiger partial charge in [-0.2, -0.15) is 5.10 Å². The summed E-state index contributed by atoms with van der Waals surface area (Å²) in [5.41, 5.74) is 6.47. The number of nitrogens with zero attached hydrogens (tertiary/aromatic N) is 4. The quantitative estimate of drug-likeness (QED) is 0.373. The van der Waals surface area contributed by atoms with Gasteiger partial charge in [-0.1, -0.05) is 19.9 Å². The molecule has 7 nitrogen and oxygen atoms in total. The lowest BCUT2D eigenvalue weighted by molar-refractivity contribution is 0.0252. The van der Waals surface area contributed by atoms with Gasteiger partial charge in [-0.15, -0.1) is 0 Å². The zero-order chi connectivity index (χ0) is 25.7. The Morgan fingerprint density at radius 2 is 1.84 bits per heavy atom. The second kappa shape index (κ2) is 9.53. The minimum Gasteiger partial charge on any atom is -0.386 e. The highest BCUT2D eigenvalue weighted by atomic mass is 16.5. The predicted octanol–water partition coefficient (Wildman–Crippen LogP) is 5.59. The maximum atomic E-state index is 10.9. The van der Waals surface area contributed by atoms with E-state index in [1.807, 2.05) is 6.20 Å². The molecule has 0 aliphatic carbocycles. The first-order valence-electron chi connectivity index (χ1n) is 13.8. The fraction of sp³-hybridized carbons (Fsp3) is 0.533. The molecule has 0 unspecified atom stereocenters. The van der Waals surface area contributed by atoms with Crippen LogP contribution in [0, 0.1) is 0 Å². The third-order valence-corrected chi connectivity index (χ3v) is 8.47. The molecule has 4 aromatic rings. The summed E-state index contributed by atoms with van der Waals surface area (Å²) in [6, 6.07) is 9.78. The molecule has 1 aromatic carbocycles. The molecule has 6 rings (SSSR count). The molecule has 2 N–H and O–H groups in total. The Morgan fingerprint density at radius 1 is 1.08 bits per heavy atom. The number of hydrogen-bond acceptors (Lipinski definition) is 5. The predicted molar refractivity (Wildman–Crippen MR) is 147 cm³/mol. The molecule has 5 heterocycles. The Morgan fingerprint density at radius 3 is 2.54 bits per heavy atom. The highest BCUT2D eigenvalue weighted by Gasteiger charge is 2.28. The van der Waals surface area contributed by atoms with Gasteiger partial charge in [-0.25, -0.2) is 9.50 Å². The number of nitrogens with one attached hydrogen (secondary N) is 1. The monoisotopic (exact) mass is 501 g/mol. The third-order valence-electron chi connectivity index (χ3n) is 8.47. The Kier molecular flexibility index (Phi) is 6.33. The van der Waals surface area contributed by atoms with Crippen molar-refractivity contribution in [2.45, 2.75) is 76.9 Å². The van der Waals surface area contributed by atoms with Crippen molar-refractivity contribution in [2.75, 3.05) is 26.3 Å². The minimum absolute atomic E-state index is 0.339. The van der Waals surface area contributed by atoms with Gasteiger partial charge in [0.1, 0.15) is 6.33 Å². The second-order valence-electron chi connectivity index (χ2n) is 11.8. The third kappa shape index (κ3) is 4.58. The molecule has 196 valence electrons. The van der Waals surface area contributed by atoms with Crippen molar-refractivity contribution in [3.63, 3.8) is 0 Å². The normalized spacial score (nSPS) is 19.0. The van der Waals surface area contributed by atoms with Gasteiger partial charge in [-0.3, -0.25) is 0 Å². The minimum atomic E-state index is -1.03. The molecule has 3 aromatic heterocycles. The highest BCUT2D eigenvalue weighted by Crippen LogP contribution is 2.39. The SMILES string of the molecule is CC(C)c1c(-c2cc(C(C)(C)O)c3ncnn3c2)[nH]c2ccc(C3CCN(C4CCOCC4)CC3)cc12. The van der Waals surface area contributed by atoms with Gasteiger partial charge < -0.3 is 19.7 Å². The fourth-order valence-electron chi connectivity index (χ4n) is 6.47. The Labute approximate surface area is 218 Å². The lowest BCUT2D eigenvalue weighted by atomic mass is 9.86. The van der Waals surface area contributed by atoms with E-state index in [1.165, 1.54) is 55.3 Å². The molecular formula is C30H39N5O2. The van der Waals surface area contributed by atoms with Crippen LogP contribution >= 0.6 is 0 Å². The topological polar surface area (TPSA) is 78.7 Å². The van der Waals surface area contributed by atoms with E-state index >= 15 is 0 Å². The number of H-pyrrole nitrogens is 1. The van der Waals surface area contributed by atoms with Crippen LogP contribution in [0.4, 0.5) is 0 Å². The number of piperidine rings is 1. The number of aromatic amines is 1. The van der Waals surface area contributed by atoms with Gasteiger partial charge in [0.25, 0.3) is 0 Å². The van der Waals surface area contributed by atoms with E-state index < -0.39 is 5.60 Å². The summed E-state index contributed by atoms with van der Waals surface area (Å²) in [4.78, 5) is 10.8. The van der Waals surface area contributed by atoms with Gasteiger partial charge in [0, 0.05) is 47.5 Å². The standard InChI is InChI=1S/C30H39N5O2/c1-19(2)27-24-15-21(20-7-11-34(12-8-20)23-9-13-37-14-10-23)5-6-26(24)33-28(27)22-16-25(30(3,4)36)29-31-18-32-35(29)17-22/h5-6,15-20,23,33,36H,7-14H2,1-4H3. The first-order valence-corrected chi connectivity index (χ1v) is 13.8. The first-order chi connectivity index (χ1) is 17.8. The summed E-state index contributed by atoms with van der Waals surface area (Å²) in [5.74, 6) is 0.943. The number of ether oxygens (including phenoxy) is 1. The van der Waals surface area contributed by atoms with Gasteiger partial charge in [0.15, 0.2) is 5.65 Å². The van der Waals surface area contributed by atoms with Crippen molar-refractivity contribution >= 4 is 16.6 Å². The number of fused-ring (bicyclic) bond motifs is 2. The summed E-state index contributed by atoms with van der Waals surface area (Å²) >= 11 is 0. The number of aliphatic hydroxyl groups is 1. The van der Waals surface area contributed by atoms with Crippen LogP contribution in [-0.4, -0.2) is 61.9 Å².